The summed E-state index contributed by atoms with van der Waals surface area (Å²) in [7, 11) is 0. The summed E-state index contributed by atoms with van der Waals surface area (Å²) in [6.45, 7) is 3.34. The van der Waals surface area contributed by atoms with Gasteiger partial charge in [-0.1, -0.05) is 6.92 Å². The van der Waals surface area contributed by atoms with Crippen LogP contribution in [0.5, 0.6) is 0 Å². The molecule has 1 saturated heterocycles. The summed E-state index contributed by atoms with van der Waals surface area (Å²) in [5.41, 5.74) is 6.77. The summed E-state index contributed by atoms with van der Waals surface area (Å²) < 4.78 is 0. The van der Waals surface area contributed by atoms with Gasteiger partial charge < -0.3 is 10.6 Å². The molecule has 0 spiro atoms. The van der Waals surface area contributed by atoms with Crippen LogP contribution in [0.1, 0.15) is 32.6 Å². The van der Waals surface area contributed by atoms with Crippen LogP contribution in [0.4, 0.5) is 11.5 Å². The van der Waals surface area contributed by atoms with E-state index < -0.39 is 0 Å². The van der Waals surface area contributed by atoms with E-state index in [0.717, 1.165) is 18.1 Å². The maximum Gasteiger partial charge on any atom is 0.152 e. The second kappa shape index (κ2) is 4.51. The van der Waals surface area contributed by atoms with Crippen LogP contribution in [0.3, 0.4) is 0 Å². The third-order valence-electron chi connectivity index (χ3n) is 3.19. The van der Waals surface area contributed by atoms with Crippen LogP contribution in [0.15, 0.2) is 18.3 Å². The minimum absolute atomic E-state index is 0.621. The van der Waals surface area contributed by atoms with E-state index in [1.54, 1.807) is 0 Å². The molecular weight excluding hydrogens is 186 g/mol. The predicted octanol–water partition coefficient (Wildman–Crippen LogP) is 2.43. The van der Waals surface area contributed by atoms with Gasteiger partial charge in [-0.15, -0.1) is 0 Å². The maximum absolute atomic E-state index is 5.96. The molecular formula is C12H19N3. The minimum atomic E-state index is 0.621. The number of nitrogens with zero attached hydrogens (tertiary/aromatic N) is 2. The van der Waals surface area contributed by atoms with E-state index in [9.17, 15) is 0 Å². The van der Waals surface area contributed by atoms with Gasteiger partial charge in [0.15, 0.2) is 5.82 Å². The first-order valence-corrected chi connectivity index (χ1v) is 5.80. The van der Waals surface area contributed by atoms with Crippen LogP contribution < -0.4 is 10.6 Å². The molecule has 3 heteroatoms. The third kappa shape index (κ3) is 2.06. The Hall–Kier alpha value is -1.25. The van der Waals surface area contributed by atoms with Crippen LogP contribution in [-0.2, 0) is 0 Å². The lowest BCUT2D eigenvalue weighted by molar-refractivity contribution is 0.447. The highest BCUT2D eigenvalue weighted by Gasteiger charge is 2.22. The number of pyridine rings is 1. The number of rotatable bonds is 2. The van der Waals surface area contributed by atoms with E-state index in [1.807, 2.05) is 18.3 Å². The first-order valence-electron chi connectivity index (χ1n) is 5.80. The molecule has 0 aromatic carbocycles. The number of hydrogen-bond donors (Lipinski definition) is 1. The van der Waals surface area contributed by atoms with Crippen molar-refractivity contribution in [1.29, 1.82) is 0 Å². The molecule has 1 atom stereocenters. The van der Waals surface area contributed by atoms with Crippen LogP contribution >= 0.6 is 0 Å². The van der Waals surface area contributed by atoms with Gasteiger partial charge >= 0.3 is 0 Å². The van der Waals surface area contributed by atoms with E-state index in [-0.39, 0.29) is 0 Å². The summed E-state index contributed by atoms with van der Waals surface area (Å²) in [5.74, 6) is 0.976. The second-order valence-corrected chi connectivity index (χ2v) is 4.17. The quantitative estimate of drug-likeness (QED) is 0.806. The lowest BCUT2D eigenvalue weighted by Gasteiger charge is -2.36. The molecule has 0 bridgehead atoms. The fourth-order valence-electron chi connectivity index (χ4n) is 2.35. The SMILES string of the molecule is CC[C@@H]1CCCCN1c1ncccc1N. The Bertz CT molecular complexity index is 324. The van der Waals surface area contributed by atoms with Gasteiger partial charge in [-0.2, -0.15) is 0 Å². The number of hydrogen-bond acceptors (Lipinski definition) is 3. The van der Waals surface area contributed by atoms with E-state index in [1.165, 1.54) is 25.7 Å². The van der Waals surface area contributed by atoms with Crippen molar-refractivity contribution < 1.29 is 0 Å². The Labute approximate surface area is 91.3 Å². The van der Waals surface area contributed by atoms with Crippen molar-refractivity contribution >= 4 is 11.5 Å². The smallest absolute Gasteiger partial charge is 0.152 e. The summed E-state index contributed by atoms with van der Waals surface area (Å²) in [6.07, 6.45) is 6.86. The van der Waals surface area contributed by atoms with Gasteiger partial charge in [-0.05, 0) is 37.8 Å². The average Bonchev–Trinajstić information content (AvgIpc) is 2.30. The van der Waals surface area contributed by atoms with Crippen molar-refractivity contribution in [3.05, 3.63) is 18.3 Å². The Morgan fingerprint density at radius 1 is 1.53 bits per heavy atom. The van der Waals surface area contributed by atoms with Crippen LogP contribution in [0.25, 0.3) is 0 Å². The standard InChI is InChI=1S/C12H19N3/c1-2-10-6-3-4-9-15(10)12-11(13)7-5-8-14-12/h5,7-8,10H,2-4,6,9,13H2,1H3/t10-/m1/s1. The summed E-state index contributed by atoms with van der Waals surface area (Å²) in [6, 6.07) is 4.45. The van der Waals surface area contributed by atoms with E-state index >= 15 is 0 Å². The van der Waals surface area contributed by atoms with Crippen LogP contribution in [0, 0.1) is 0 Å². The van der Waals surface area contributed by atoms with Gasteiger partial charge in [0.2, 0.25) is 0 Å². The van der Waals surface area contributed by atoms with Gasteiger partial charge in [0, 0.05) is 18.8 Å². The van der Waals surface area contributed by atoms with Crippen molar-refractivity contribution in [3.63, 3.8) is 0 Å². The first kappa shape index (κ1) is 10.3. The van der Waals surface area contributed by atoms with Crippen LogP contribution in [0.2, 0.25) is 0 Å². The highest BCUT2D eigenvalue weighted by Crippen LogP contribution is 2.28. The molecule has 1 aliphatic heterocycles. The van der Waals surface area contributed by atoms with Crippen molar-refractivity contribution in [1.82, 2.24) is 4.98 Å². The van der Waals surface area contributed by atoms with Crippen molar-refractivity contribution in [2.45, 2.75) is 38.6 Å². The molecule has 1 aromatic rings. The molecule has 3 nitrogen and oxygen atoms in total. The molecule has 2 heterocycles. The number of nitrogen functional groups attached to an aromatic ring is 1. The zero-order chi connectivity index (χ0) is 10.7. The number of nitrogens with two attached hydrogens (primary N) is 1. The lowest BCUT2D eigenvalue weighted by atomic mass is 10.00. The normalized spacial score (nSPS) is 21.7. The largest absolute Gasteiger partial charge is 0.396 e. The van der Waals surface area contributed by atoms with E-state index in [2.05, 4.69) is 16.8 Å². The van der Waals surface area contributed by atoms with E-state index in [4.69, 9.17) is 5.73 Å². The van der Waals surface area contributed by atoms with Crippen molar-refractivity contribution in [2.75, 3.05) is 17.2 Å². The van der Waals surface area contributed by atoms with Crippen molar-refractivity contribution in [3.8, 4) is 0 Å². The zero-order valence-corrected chi connectivity index (χ0v) is 9.32. The van der Waals surface area contributed by atoms with Gasteiger partial charge in [0.05, 0.1) is 5.69 Å². The third-order valence-corrected chi connectivity index (χ3v) is 3.19. The summed E-state index contributed by atoms with van der Waals surface area (Å²) in [5, 5.41) is 0. The Morgan fingerprint density at radius 3 is 3.13 bits per heavy atom. The molecule has 1 fully saturated rings. The molecule has 1 aliphatic rings. The van der Waals surface area contributed by atoms with E-state index in [0.29, 0.717) is 6.04 Å². The number of anilines is 2. The summed E-state index contributed by atoms with van der Waals surface area (Å²) in [4.78, 5) is 6.77. The van der Waals surface area contributed by atoms with Gasteiger partial charge in [-0.25, -0.2) is 4.98 Å². The fraction of sp³-hybridized carbons (Fsp3) is 0.583. The minimum Gasteiger partial charge on any atom is -0.396 e. The molecule has 0 radical (unpaired) electrons. The fourth-order valence-corrected chi connectivity index (χ4v) is 2.35. The monoisotopic (exact) mass is 205 g/mol. The lowest BCUT2D eigenvalue weighted by Crippen LogP contribution is -2.40. The summed E-state index contributed by atoms with van der Waals surface area (Å²) >= 11 is 0. The topological polar surface area (TPSA) is 42.2 Å². The molecule has 2 N–H and O–H groups in total. The number of aromatic nitrogens is 1. The molecule has 1 aromatic heterocycles. The maximum atomic E-state index is 5.96. The molecule has 0 saturated carbocycles. The average molecular weight is 205 g/mol. The Kier molecular flexibility index (Phi) is 3.09. The highest BCUT2D eigenvalue weighted by atomic mass is 15.2. The Balaban J connectivity index is 2.24. The van der Waals surface area contributed by atoms with Crippen LogP contribution in [-0.4, -0.2) is 17.6 Å². The molecule has 82 valence electrons. The molecule has 15 heavy (non-hydrogen) atoms. The second-order valence-electron chi connectivity index (χ2n) is 4.17. The zero-order valence-electron chi connectivity index (χ0n) is 9.32. The Morgan fingerprint density at radius 2 is 2.40 bits per heavy atom. The molecule has 0 aliphatic carbocycles. The first-order chi connectivity index (χ1) is 7.33. The number of piperidine rings is 1. The highest BCUT2D eigenvalue weighted by molar-refractivity contribution is 5.62. The molecule has 0 amide bonds. The molecule has 0 unspecified atom stereocenters. The van der Waals surface area contributed by atoms with Gasteiger partial charge in [0.1, 0.15) is 0 Å². The van der Waals surface area contributed by atoms with Gasteiger partial charge in [0.25, 0.3) is 0 Å². The van der Waals surface area contributed by atoms with Crippen molar-refractivity contribution in [2.24, 2.45) is 0 Å². The predicted molar refractivity (Wildman–Crippen MR) is 63.9 cm³/mol. The molecule has 2 rings (SSSR count). The van der Waals surface area contributed by atoms with Gasteiger partial charge in [-0.3, -0.25) is 0 Å².